The Kier molecular flexibility index (Phi) is 4.27. The van der Waals surface area contributed by atoms with E-state index in [1.54, 1.807) is 24.4 Å². The molecule has 0 bridgehead atoms. The Hall–Kier alpha value is -3.15. The number of hydrogen-bond donors (Lipinski definition) is 2. The second-order valence-corrected chi connectivity index (χ2v) is 6.77. The molecule has 25 heavy (non-hydrogen) atoms. The Balaban J connectivity index is 1.86. The van der Waals surface area contributed by atoms with Crippen molar-refractivity contribution in [3.8, 4) is 11.4 Å². The van der Waals surface area contributed by atoms with Crippen LogP contribution in [0.15, 0.2) is 53.2 Å². The summed E-state index contributed by atoms with van der Waals surface area (Å²) in [7, 11) is 0. The summed E-state index contributed by atoms with van der Waals surface area (Å²) in [4.78, 5) is 16.8. The molecule has 0 unspecified atom stereocenters. The van der Waals surface area contributed by atoms with Crippen molar-refractivity contribution in [2.75, 3.05) is 11.1 Å². The monoisotopic (exact) mass is 336 g/mol. The highest BCUT2D eigenvalue weighted by Crippen LogP contribution is 2.27. The quantitative estimate of drug-likeness (QED) is 0.757. The third-order valence-corrected chi connectivity index (χ3v) is 3.86. The molecule has 1 aromatic carbocycles. The first-order valence-electron chi connectivity index (χ1n) is 7.94. The van der Waals surface area contributed by atoms with Crippen LogP contribution in [0.5, 0.6) is 0 Å². The van der Waals surface area contributed by atoms with Gasteiger partial charge in [0.25, 0.3) is 5.91 Å². The van der Waals surface area contributed by atoms with Crippen molar-refractivity contribution < 1.29 is 9.32 Å². The molecule has 0 saturated carbocycles. The van der Waals surface area contributed by atoms with Gasteiger partial charge in [-0.3, -0.25) is 9.78 Å². The van der Waals surface area contributed by atoms with E-state index in [0.29, 0.717) is 17.1 Å². The summed E-state index contributed by atoms with van der Waals surface area (Å²) >= 11 is 0. The average molecular weight is 336 g/mol. The zero-order valence-electron chi connectivity index (χ0n) is 14.4. The van der Waals surface area contributed by atoms with E-state index in [1.165, 1.54) is 5.56 Å². The van der Waals surface area contributed by atoms with Crippen molar-refractivity contribution in [2.45, 2.75) is 26.2 Å². The van der Waals surface area contributed by atoms with Crippen LogP contribution >= 0.6 is 0 Å². The van der Waals surface area contributed by atoms with Crippen LogP contribution in [0, 0.1) is 0 Å². The zero-order valence-corrected chi connectivity index (χ0v) is 14.4. The van der Waals surface area contributed by atoms with Gasteiger partial charge in [-0.15, -0.1) is 0 Å². The van der Waals surface area contributed by atoms with E-state index < -0.39 is 0 Å². The number of nitrogens with one attached hydrogen (secondary N) is 1. The SMILES string of the molecule is CC(C)(C)c1ccc(NC(=O)c2c(-c3ccccn3)noc2N)cc1. The van der Waals surface area contributed by atoms with Crippen LogP contribution in [-0.2, 0) is 5.41 Å². The highest BCUT2D eigenvalue weighted by Gasteiger charge is 2.23. The van der Waals surface area contributed by atoms with Crippen LogP contribution in [0.4, 0.5) is 11.6 Å². The van der Waals surface area contributed by atoms with E-state index in [9.17, 15) is 4.79 Å². The molecule has 2 aromatic heterocycles. The number of benzene rings is 1. The number of carbonyl (C=O) groups is 1. The molecule has 3 aromatic rings. The average Bonchev–Trinajstić information content (AvgIpc) is 2.97. The lowest BCUT2D eigenvalue weighted by Gasteiger charge is -2.19. The molecular weight excluding hydrogens is 316 g/mol. The first kappa shape index (κ1) is 16.7. The highest BCUT2D eigenvalue weighted by molar-refractivity contribution is 6.10. The number of nitrogens with two attached hydrogens (primary N) is 1. The maximum atomic E-state index is 12.7. The van der Waals surface area contributed by atoms with Gasteiger partial charge < -0.3 is 15.6 Å². The van der Waals surface area contributed by atoms with Gasteiger partial charge in [0.15, 0.2) is 0 Å². The number of aromatic nitrogens is 2. The van der Waals surface area contributed by atoms with E-state index in [4.69, 9.17) is 10.3 Å². The first-order chi connectivity index (χ1) is 11.9. The molecule has 6 heteroatoms. The summed E-state index contributed by atoms with van der Waals surface area (Å²) in [5, 5.41) is 6.70. The number of rotatable bonds is 3. The molecule has 2 heterocycles. The van der Waals surface area contributed by atoms with Gasteiger partial charge in [-0.05, 0) is 35.2 Å². The number of nitrogen functional groups attached to an aromatic ring is 1. The first-order valence-corrected chi connectivity index (χ1v) is 7.94. The molecule has 1 amide bonds. The van der Waals surface area contributed by atoms with Gasteiger partial charge in [0.1, 0.15) is 11.3 Å². The van der Waals surface area contributed by atoms with Crippen molar-refractivity contribution in [2.24, 2.45) is 0 Å². The Bertz CT molecular complexity index is 878. The maximum Gasteiger partial charge on any atom is 0.263 e. The van der Waals surface area contributed by atoms with Crippen LogP contribution in [0.2, 0.25) is 0 Å². The van der Waals surface area contributed by atoms with Crippen molar-refractivity contribution in [1.82, 2.24) is 10.1 Å². The molecule has 0 radical (unpaired) electrons. The number of nitrogens with zero attached hydrogens (tertiary/aromatic N) is 2. The Morgan fingerprint density at radius 1 is 1.12 bits per heavy atom. The summed E-state index contributed by atoms with van der Waals surface area (Å²) in [6.07, 6.45) is 1.62. The predicted octanol–water partition coefficient (Wildman–Crippen LogP) is 3.87. The second-order valence-electron chi connectivity index (χ2n) is 6.77. The van der Waals surface area contributed by atoms with Crippen molar-refractivity contribution in [3.05, 3.63) is 59.8 Å². The smallest absolute Gasteiger partial charge is 0.263 e. The lowest BCUT2D eigenvalue weighted by atomic mass is 9.87. The summed E-state index contributed by atoms with van der Waals surface area (Å²) in [5.74, 6) is -0.424. The van der Waals surface area contributed by atoms with Gasteiger partial charge in [0.05, 0.1) is 5.69 Å². The van der Waals surface area contributed by atoms with Gasteiger partial charge in [0.2, 0.25) is 5.88 Å². The van der Waals surface area contributed by atoms with Crippen molar-refractivity contribution in [3.63, 3.8) is 0 Å². The van der Waals surface area contributed by atoms with E-state index in [-0.39, 0.29) is 22.8 Å². The summed E-state index contributed by atoms with van der Waals surface area (Å²) < 4.78 is 5.00. The minimum Gasteiger partial charge on any atom is -0.367 e. The van der Waals surface area contributed by atoms with Gasteiger partial charge >= 0.3 is 0 Å². The van der Waals surface area contributed by atoms with Crippen LogP contribution in [-0.4, -0.2) is 16.0 Å². The normalized spacial score (nSPS) is 11.3. The summed E-state index contributed by atoms with van der Waals surface area (Å²) in [6.45, 7) is 6.41. The van der Waals surface area contributed by atoms with Gasteiger partial charge in [-0.1, -0.05) is 44.1 Å². The lowest BCUT2D eigenvalue weighted by Crippen LogP contribution is -2.15. The van der Waals surface area contributed by atoms with Crippen molar-refractivity contribution in [1.29, 1.82) is 0 Å². The minimum atomic E-state index is -0.386. The van der Waals surface area contributed by atoms with E-state index in [0.717, 1.165) is 0 Å². The topological polar surface area (TPSA) is 94.0 Å². The van der Waals surface area contributed by atoms with Crippen LogP contribution < -0.4 is 11.1 Å². The minimum absolute atomic E-state index is 0.0375. The molecule has 3 rings (SSSR count). The third kappa shape index (κ3) is 3.52. The molecule has 0 atom stereocenters. The fourth-order valence-corrected chi connectivity index (χ4v) is 2.45. The van der Waals surface area contributed by atoms with Gasteiger partial charge in [0, 0.05) is 11.9 Å². The standard InChI is InChI=1S/C19H20N4O2/c1-19(2,3)12-7-9-13(10-8-12)22-18(24)15-16(23-25-17(15)20)14-6-4-5-11-21-14/h4-11H,20H2,1-3H3,(H,22,24). The second kappa shape index (κ2) is 6.39. The Morgan fingerprint density at radius 2 is 1.84 bits per heavy atom. The summed E-state index contributed by atoms with van der Waals surface area (Å²) in [6, 6.07) is 13.0. The fraction of sp³-hybridized carbons (Fsp3) is 0.211. The highest BCUT2D eigenvalue weighted by atomic mass is 16.5. The van der Waals surface area contributed by atoms with Gasteiger partial charge in [-0.2, -0.15) is 0 Å². The largest absolute Gasteiger partial charge is 0.367 e. The fourth-order valence-electron chi connectivity index (χ4n) is 2.45. The molecule has 0 saturated heterocycles. The number of pyridine rings is 1. The van der Waals surface area contributed by atoms with Crippen molar-refractivity contribution >= 4 is 17.5 Å². The van der Waals surface area contributed by atoms with E-state index >= 15 is 0 Å². The Labute approximate surface area is 146 Å². The molecule has 0 spiro atoms. The molecule has 0 aliphatic heterocycles. The van der Waals surface area contributed by atoms with Crippen LogP contribution in [0.1, 0.15) is 36.7 Å². The molecule has 128 valence electrons. The molecular formula is C19H20N4O2. The van der Waals surface area contributed by atoms with Gasteiger partial charge in [-0.25, -0.2) is 0 Å². The summed E-state index contributed by atoms with van der Waals surface area (Å²) in [5.41, 5.74) is 8.73. The number of hydrogen-bond acceptors (Lipinski definition) is 5. The third-order valence-electron chi connectivity index (χ3n) is 3.86. The molecule has 0 fully saturated rings. The predicted molar refractivity (Wildman–Crippen MR) is 97.2 cm³/mol. The maximum absolute atomic E-state index is 12.7. The lowest BCUT2D eigenvalue weighted by molar-refractivity contribution is 0.102. The number of amides is 1. The number of anilines is 2. The van der Waals surface area contributed by atoms with Crippen LogP contribution in [0.3, 0.4) is 0 Å². The number of carbonyl (C=O) groups excluding carboxylic acids is 1. The molecule has 0 aliphatic carbocycles. The van der Waals surface area contributed by atoms with E-state index in [2.05, 4.69) is 36.2 Å². The molecule has 3 N–H and O–H groups in total. The molecule has 6 nitrogen and oxygen atoms in total. The van der Waals surface area contributed by atoms with Crippen LogP contribution in [0.25, 0.3) is 11.4 Å². The molecule has 0 aliphatic rings. The Morgan fingerprint density at radius 3 is 2.44 bits per heavy atom. The van der Waals surface area contributed by atoms with E-state index in [1.807, 2.05) is 24.3 Å². The zero-order chi connectivity index (χ0) is 18.0.